The molecule has 0 saturated heterocycles. The molecule has 0 aliphatic carbocycles. The Morgan fingerprint density at radius 3 is 2.42 bits per heavy atom. The maximum absolute atomic E-state index is 13.4. The van der Waals surface area contributed by atoms with E-state index < -0.39 is 23.3 Å². The zero-order valence-corrected chi connectivity index (χ0v) is 14.8. The Labute approximate surface area is 150 Å². The molecule has 0 aliphatic heterocycles. The molecule has 0 bridgehead atoms. The number of hydrogen-bond donors (Lipinski definition) is 1. The lowest BCUT2D eigenvalue weighted by Crippen LogP contribution is -2.27. The van der Waals surface area contributed by atoms with Crippen LogP contribution in [0.25, 0.3) is 10.9 Å². The van der Waals surface area contributed by atoms with Crippen LogP contribution in [-0.4, -0.2) is 16.3 Å². The molecule has 0 aliphatic rings. The smallest absolute Gasteiger partial charge is 0.412 e. The molecule has 3 rings (SSSR count). The lowest BCUT2D eigenvalue weighted by molar-refractivity contribution is 0.0636. The van der Waals surface area contributed by atoms with Gasteiger partial charge in [-0.3, -0.25) is 5.32 Å². The van der Waals surface area contributed by atoms with Gasteiger partial charge >= 0.3 is 6.09 Å². The molecule has 0 radical (unpaired) electrons. The molecule has 1 heterocycles. The number of benzene rings is 2. The van der Waals surface area contributed by atoms with Crippen LogP contribution < -0.4 is 5.32 Å². The molecule has 0 unspecified atom stereocenters. The summed E-state index contributed by atoms with van der Waals surface area (Å²) in [6.45, 7) is 5.69. The van der Waals surface area contributed by atoms with Crippen molar-refractivity contribution in [2.45, 2.75) is 32.9 Å². The number of amides is 1. The van der Waals surface area contributed by atoms with E-state index in [4.69, 9.17) is 4.74 Å². The summed E-state index contributed by atoms with van der Waals surface area (Å²) >= 11 is 0. The molecule has 0 fully saturated rings. The van der Waals surface area contributed by atoms with E-state index in [-0.39, 0.29) is 0 Å². The van der Waals surface area contributed by atoms with Crippen LogP contribution in [0.5, 0.6) is 0 Å². The third-order valence-electron chi connectivity index (χ3n) is 3.69. The molecule has 26 heavy (non-hydrogen) atoms. The van der Waals surface area contributed by atoms with Crippen LogP contribution in [0.1, 0.15) is 26.3 Å². The molecular weight excluding hydrogens is 338 g/mol. The average Bonchev–Trinajstić information content (AvgIpc) is 2.86. The van der Waals surface area contributed by atoms with Crippen LogP contribution in [0.4, 0.5) is 19.3 Å². The molecule has 0 atom stereocenters. The molecule has 1 amide bonds. The first-order valence-corrected chi connectivity index (χ1v) is 8.23. The number of hydrogen-bond acceptors (Lipinski definition) is 2. The predicted molar refractivity (Wildman–Crippen MR) is 97.3 cm³/mol. The fourth-order valence-electron chi connectivity index (χ4n) is 2.72. The maximum Gasteiger partial charge on any atom is 0.412 e. The Kier molecular flexibility index (Phi) is 4.68. The van der Waals surface area contributed by atoms with Gasteiger partial charge in [0.1, 0.15) is 17.2 Å². The molecular formula is C20H20F2N2O2. The van der Waals surface area contributed by atoms with E-state index in [0.29, 0.717) is 17.8 Å². The van der Waals surface area contributed by atoms with Gasteiger partial charge in [-0.1, -0.05) is 6.07 Å². The Balaban J connectivity index is 1.85. The van der Waals surface area contributed by atoms with Crippen molar-refractivity contribution in [2.75, 3.05) is 5.32 Å². The van der Waals surface area contributed by atoms with Crippen LogP contribution in [0.3, 0.4) is 0 Å². The van der Waals surface area contributed by atoms with E-state index in [0.717, 1.165) is 17.0 Å². The standard InChI is InChI=1S/C20H20F2N2O2/c1-20(2,3)26-19(25)23-17-5-4-14-6-7-24(18(14)11-17)12-13-8-15(21)10-16(22)9-13/h4-11H,12H2,1-3H3,(H,23,25). The fraction of sp³-hybridized carbons (Fsp3) is 0.250. The summed E-state index contributed by atoms with van der Waals surface area (Å²) in [5, 5.41) is 3.65. The van der Waals surface area contributed by atoms with Crippen LogP contribution in [0, 0.1) is 11.6 Å². The summed E-state index contributed by atoms with van der Waals surface area (Å²) in [6.07, 6.45) is 1.30. The maximum atomic E-state index is 13.4. The summed E-state index contributed by atoms with van der Waals surface area (Å²) < 4.78 is 33.9. The summed E-state index contributed by atoms with van der Waals surface area (Å²) in [4.78, 5) is 11.9. The summed E-state index contributed by atoms with van der Waals surface area (Å²) in [7, 11) is 0. The summed E-state index contributed by atoms with van der Waals surface area (Å²) in [6, 6.07) is 10.8. The van der Waals surface area contributed by atoms with E-state index in [9.17, 15) is 13.6 Å². The SMILES string of the molecule is CC(C)(C)OC(=O)Nc1ccc2ccn(Cc3cc(F)cc(F)c3)c2c1. The predicted octanol–water partition coefficient (Wildman–Crippen LogP) is 5.31. The van der Waals surface area contributed by atoms with Gasteiger partial charge in [0.25, 0.3) is 0 Å². The molecule has 1 aromatic heterocycles. The first-order chi connectivity index (χ1) is 12.2. The fourth-order valence-corrected chi connectivity index (χ4v) is 2.72. The first kappa shape index (κ1) is 17.9. The Morgan fingerprint density at radius 1 is 1.08 bits per heavy atom. The topological polar surface area (TPSA) is 43.3 Å². The molecule has 136 valence electrons. The highest BCUT2D eigenvalue weighted by molar-refractivity contribution is 5.90. The van der Waals surface area contributed by atoms with Crippen molar-refractivity contribution in [2.24, 2.45) is 0 Å². The summed E-state index contributed by atoms with van der Waals surface area (Å²) in [5.41, 5.74) is 1.35. The van der Waals surface area contributed by atoms with Gasteiger partial charge < -0.3 is 9.30 Å². The van der Waals surface area contributed by atoms with Gasteiger partial charge in [-0.2, -0.15) is 0 Å². The lowest BCUT2D eigenvalue weighted by atomic mass is 10.2. The van der Waals surface area contributed by atoms with Gasteiger partial charge in [0.15, 0.2) is 0 Å². The molecule has 0 spiro atoms. The van der Waals surface area contributed by atoms with Gasteiger partial charge in [-0.25, -0.2) is 13.6 Å². The van der Waals surface area contributed by atoms with Crippen molar-refractivity contribution in [3.8, 4) is 0 Å². The number of aromatic nitrogens is 1. The van der Waals surface area contributed by atoms with Crippen LogP contribution in [-0.2, 0) is 11.3 Å². The highest BCUT2D eigenvalue weighted by Gasteiger charge is 2.16. The number of fused-ring (bicyclic) bond motifs is 1. The Morgan fingerprint density at radius 2 is 1.77 bits per heavy atom. The van der Waals surface area contributed by atoms with E-state index in [1.54, 1.807) is 32.9 Å². The van der Waals surface area contributed by atoms with Crippen molar-refractivity contribution >= 4 is 22.7 Å². The number of carbonyl (C=O) groups excluding carboxylic acids is 1. The minimum atomic E-state index is -0.608. The normalized spacial score (nSPS) is 11.6. The molecule has 4 nitrogen and oxygen atoms in total. The third-order valence-corrected chi connectivity index (χ3v) is 3.69. The van der Waals surface area contributed by atoms with Gasteiger partial charge in [-0.05, 0) is 62.1 Å². The molecule has 3 aromatic rings. The number of ether oxygens (including phenoxy) is 1. The average molecular weight is 358 g/mol. The number of nitrogens with one attached hydrogen (secondary N) is 1. The second-order valence-corrected chi connectivity index (χ2v) is 7.12. The Hall–Kier alpha value is -2.89. The minimum absolute atomic E-state index is 0.314. The van der Waals surface area contributed by atoms with Crippen molar-refractivity contribution in [3.63, 3.8) is 0 Å². The minimum Gasteiger partial charge on any atom is -0.444 e. The van der Waals surface area contributed by atoms with Gasteiger partial charge in [0.05, 0.1) is 5.52 Å². The second kappa shape index (κ2) is 6.78. The lowest BCUT2D eigenvalue weighted by Gasteiger charge is -2.19. The number of nitrogens with zero attached hydrogens (tertiary/aromatic N) is 1. The highest BCUT2D eigenvalue weighted by Crippen LogP contribution is 2.22. The largest absolute Gasteiger partial charge is 0.444 e. The number of rotatable bonds is 3. The number of anilines is 1. The number of carbonyl (C=O) groups is 1. The van der Waals surface area contributed by atoms with E-state index >= 15 is 0 Å². The van der Waals surface area contributed by atoms with Crippen LogP contribution in [0.2, 0.25) is 0 Å². The van der Waals surface area contributed by atoms with E-state index in [2.05, 4.69) is 5.32 Å². The summed E-state index contributed by atoms with van der Waals surface area (Å²) in [5.74, 6) is -1.22. The second-order valence-electron chi connectivity index (χ2n) is 7.12. The van der Waals surface area contributed by atoms with Crippen molar-refractivity contribution in [1.29, 1.82) is 0 Å². The Bertz CT molecular complexity index is 938. The zero-order chi connectivity index (χ0) is 18.9. The molecule has 6 heteroatoms. The van der Waals surface area contributed by atoms with E-state index in [1.807, 2.05) is 22.9 Å². The zero-order valence-electron chi connectivity index (χ0n) is 14.8. The van der Waals surface area contributed by atoms with Gasteiger partial charge in [0.2, 0.25) is 0 Å². The number of halogens is 2. The molecule has 0 saturated carbocycles. The highest BCUT2D eigenvalue weighted by atomic mass is 19.1. The molecule has 2 aromatic carbocycles. The van der Waals surface area contributed by atoms with Gasteiger partial charge in [-0.15, -0.1) is 0 Å². The first-order valence-electron chi connectivity index (χ1n) is 8.23. The van der Waals surface area contributed by atoms with Crippen molar-refractivity contribution in [3.05, 3.63) is 65.9 Å². The van der Waals surface area contributed by atoms with Gasteiger partial charge in [0, 0.05) is 24.5 Å². The van der Waals surface area contributed by atoms with Crippen molar-refractivity contribution < 1.29 is 18.3 Å². The quantitative estimate of drug-likeness (QED) is 0.689. The van der Waals surface area contributed by atoms with Crippen molar-refractivity contribution in [1.82, 2.24) is 4.57 Å². The molecule has 1 N–H and O–H groups in total. The third kappa shape index (κ3) is 4.39. The van der Waals surface area contributed by atoms with Crippen LogP contribution >= 0.6 is 0 Å². The van der Waals surface area contributed by atoms with E-state index in [1.165, 1.54) is 12.1 Å². The van der Waals surface area contributed by atoms with Crippen LogP contribution in [0.15, 0.2) is 48.7 Å². The monoisotopic (exact) mass is 358 g/mol.